The van der Waals surface area contributed by atoms with E-state index in [9.17, 15) is 5.11 Å². The van der Waals surface area contributed by atoms with Crippen molar-refractivity contribution in [2.45, 2.75) is 6.92 Å². The Bertz CT molecular complexity index is 543. The zero-order valence-corrected chi connectivity index (χ0v) is 11.5. The van der Waals surface area contributed by atoms with Crippen molar-refractivity contribution < 1.29 is 9.84 Å². The highest BCUT2D eigenvalue weighted by Gasteiger charge is 2.11. The van der Waals surface area contributed by atoms with Crippen LogP contribution < -0.4 is 4.90 Å². The molecule has 0 fully saturated rings. The summed E-state index contributed by atoms with van der Waals surface area (Å²) in [5, 5.41) is 10.3. The molecule has 0 saturated carbocycles. The maximum Gasteiger partial charge on any atom is 0.0726 e. The highest BCUT2D eigenvalue weighted by molar-refractivity contribution is 5.91. The number of hydrogen-bond acceptors (Lipinski definition) is 4. The van der Waals surface area contributed by atoms with Gasteiger partial charge in [-0.15, -0.1) is 0 Å². The molecule has 4 heteroatoms. The zero-order valence-electron chi connectivity index (χ0n) is 11.5. The number of fused-ring (bicyclic) bond motifs is 1. The van der Waals surface area contributed by atoms with Gasteiger partial charge in [-0.05, 0) is 19.1 Å². The van der Waals surface area contributed by atoms with Crippen LogP contribution in [0.4, 0.5) is 5.69 Å². The Balaban J connectivity index is 2.45. The molecule has 0 saturated heterocycles. The average Bonchev–Trinajstić information content (AvgIpc) is 2.42. The normalized spacial score (nSPS) is 10.9. The number of pyridine rings is 1. The maximum absolute atomic E-state index is 9.24. The Morgan fingerprint density at radius 3 is 2.79 bits per heavy atom. The topological polar surface area (TPSA) is 45.6 Å². The molecule has 1 heterocycles. The van der Waals surface area contributed by atoms with E-state index in [4.69, 9.17) is 4.74 Å². The second kappa shape index (κ2) is 6.50. The van der Waals surface area contributed by atoms with Crippen LogP contribution in [0.15, 0.2) is 30.3 Å². The number of methoxy groups -OCH3 is 1. The van der Waals surface area contributed by atoms with Gasteiger partial charge < -0.3 is 14.7 Å². The minimum absolute atomic E-state index is 0.124. The fourth-order valence-corrected chi connectivity index (χ4v) is 2.22. The van der Waals surface area contributed by atoms with Crippen molar-refractivity contribution in [1.82, 2.24) is 4.98 Å². The Morgan fingerprint density at radius 2 is 2.05 bits per heavy atom. The molecule has 0 radical (unpaired) electrons. The van der Waals surface area contributed by atoms with Crippen molar-refractivity contribution >= 4 is 16.6 Å². The molecule has 4 nitrogen and oxygen atoms in total. The number of anilines is 1. The summed E-state index contributed by atoms with van der Waals surface area (Å²) in [5.41, 5.74) is 3.07. The zero-order chi connectivity index (χ0) is 13.7. The quantitative estimate of drug-likeness (QED) is 0.862. The lowest BCUT2D eigenvalue weighted by molar-refractivity contribution is 0.203. The monoisotopic (exact) mass is 260 g/mol. The number of ether oxygens (including phenoxy) is 1. The number of aliphatic hydroxyl groups is 1. The summed E-state index contributed by atoms with van der Waals surface area (Å²) in [5.74, 6) is 0. The van der Waals surface area contributed by atoms with E-state index in [2.05, 4.69) is 22.0 Å². The Morgan fingerprint density at radius 1 is 1.26 bits per heavy atom. The summed E-state index contributed by atoms with van der Waals surface area (Å²) in [4.78, 5) is 6.68. The van der Waals surface area contributed by atoms with E-state index < -0.39 is 0 Å². The molecular weight excluding hydrogens is 240 g/mol. The van der Waals surface area contributed by atoms with Crippen molar-refractivity contribution in [3.63, 3.8) is 0 Å². The van der Waals surface area contributed by atoms with Gasteiger partial charge in [0.05, 0.1) is 18.7 Å². The van der Waals surface area contributed by atoms with E-state index in [-0.39, 0.29) is 6.61 Å². The molecule has 0 aliphatic carbocycles. The van der Waals surface area contributed by atoms with Crippen molar-refractivity contribution in [3.8, 4) is 0 Å². The molecule has 2 rings (SSSR count). The fourth-order valence-electron chi connectivity index (χ4n) is 2.22. The second-order valence-electron chi connectivity index (χ2n) is 4.50. The molecule has 0 bridgehead atoms. The average molecular weight is 260 g/mol. The van der Waals surface area contributed by atoms with Crippen molar-refractivity contribution in [2.75, 3.05) is 38.3 Å². The van der Waals surface area contributed by atoms with Crippen LogP contribution in [0.2, 0.25) is 0 Å². The minimum atomic E-state index is 0.124. The second-order valence-corrected chi connectivity index (χ2v) is 4.50. The Hall–Kier alpha value is -1.65. The molecule has 0 unspecified atom stereocenters. The number of benzene rings is 1. The van der Waals surface area contributed by atoms with Gasteiger partial charge in [-0.1, -0.05) is 18.2 Å². The van der Waals surface area contributed by atoms with Gasteiger partial charge in [0.2, 0.25) is 0 Å². The summed E-state index contributed by atoms with van der Waals surface area (Å²) in [6, 6.07) is 10.1. The van der Waals surface area contributed by atoms with Crippen molar-refractivity contribution in [3.05, 3.63) is 36.0 Å². The largest absolute Gasteiger partial charge is 0.395 e. The van der Waals surface area contributed by atoms with Crippen molar-refractivity contribution in [2.24, 2.45) is 0 Å². The number of rotatable bonds is 6. The van der Waals surface area contributed by atoms with Crippen LogP contribution in [0.1, 0.15) is 5.69 Å². The van der Waals surface area contributed by atoms with Crippen LogP contribution in [-0.4, -0.2) is 43.5 Å². The van der Waals surface area contributed by atoms with Gasteiger partial charge >= 0.3 is 0 Å². The first-order valence-electron chi connectivity index (χ1n) is 6.47. The lowest BCUT2D eigenvalue weighted by Crippen LogP contribution is -2.30. The molecule has 19 heavy (non-hydrogen) atoms. The minimum Gasteiger partial charge on any atom is -0.395 e. The van der Waals surface area contributed by atoms with Gasteiger partial charge in [-0.25, -0.2) is 0 Å². The molecule has 0 aliphatic rings. The SMILES string of the molecule is COCCN(CCO)c1cc(C)nc2ccccc12. The smallest absolute Gasteiger partial charge is 0.0726 e. The number of hydrogen-bond donors (Lipinski definition) is 1. The fraction of sp³-hybridized carbons (Fsp3) is 0.400. The van der Waals surface area contributed by atoms with Crippen LogP contribution >= 0.6 is 0 Å². The van der Waals surface area contributed by atoms with Crippen molar-refractivity contribution in [1.29, 1.82) is 0 Å². The molecule has 102 valence electrons. The maximum atomic E-state index is 9.24. The van der Waals surface area contributed by atoms with Gasteiger partial charge in [0, 0.05) is 37.0 Å². The first-order valence-corrected chi connectivity index (χ1v) is 6.47. The van der Waals surface area contributed by atoms with Crippen LogP contribution in [0, 0.1) is 6.92 Å². The Labute approximate surface area is 113 Å². The molecule has 1 aromatic heterocycles. The van der Waals surface area contributed by atoms with Gasteiger partial charge in [-0.3, -0.25) is 4.98 Å². The molecule has 0 spiro atoms. The van der Waals surface area contributed by atoms with E-state index in [0.29, 0.717) is 13.2 Å². The summed E-state index contributed by atoms with van der Waals surface area (Å²) in [7, 11) is 1.69. The highest BCUT2D eigenvalue weighted by atomic mass is 16.5. The molecule has 0 atom stereocenters. The standard InChI is InChI=1S/C15H20N2O2/c1-12-11-15(17(7-9-18)8-10-19-2)13-5-3-4-6-14(13)16-12/h3-6,11,18H,7-10H2,1-2H3. The summed E-state index contributed by atoms with van der Waals surface area (Å²) < 4.78 is 5.14. The molecule has 2 aromatic rings. The lowest BCUT2D eigenvalue weighted by atomic mass is 10.1. The number of nitrogens with zero attached hydrogens (tertiary/aromatic N) is 2. The van der Waals surface area contributed by atoms with E-state index in [0.717, 1.165) is 28.8 Å². The molecule has 1 aromatic carbocycles. The van der Waals surface area contributed by atoms with Crippen LogP contribution in [0.5, 0.6) is 0 Å². The first-order chi connectivity index (χ1) is 9.26. The third kappa shape index (κ3) is 3.22. The van der Waals surface area contributed by atoms with Gasteiger partial charge in [0.25, 0.3) is 0 Å². The predicted octanol–water partition coefficient (Wildman–Crippen LogP) is 1.99. The van der Waals surface area contributed by atoms with Gasteiger partial charge in [0.1, 0.15) is 0 Å². The van der Waals surface area contributed by atoms with E-state index >= 15 is 0 Å². The summed E-state index contributed by atoms with van der Waals surface area (Å²) in [6.45, 7) is 4.10. The first kappa shape index (κ1) is 13.8. The molecular formula is C15H20N2O2. The summed E-state index contributed by atoms with van der Waals surface area (Å²) in [6.07, 6.45) is 0. The van der Waals surface area contributed by atoms with Gasteiger partial charge in [-0.2, -0.15) is 0 Å². The van der Waals surface area contributed by atoms with Crippen LogP contribution in [-0.2, 0) is 4.74 Å². The van der Waals surface area contributed by atoms with Crippen LogP contribution in [0.25, 0.3) is 10.9 Å². The molecule has 0 amide bonds. The Kier molecular flexibility index (Phi) is 4.71. The highest BCUT2D eigenvalue weighted by Crippen LogP contribution is 2.26. The number of aryl methyl sites for hydroxylation is 1. The van der Waals surface area contributed by atoms with E-state index in [1.165, 1.54) is 0 Å². The predicted molar refractivity (Wildman–Crippen MR) is 77.7 cm³/mol. The van der Waals surface area contributed by atoms with Gasteiger partial charge in [0.15, 0.2) is 0 Å². The molecule has 1 N–H and O–H groups in total. The number of para-hydroxylation sites is 1. The number of aromatic nitrogens is 1. The van der Waals surface area contributed by atoms with Crippen LogP contribution in [0.3, 0.4) is 0 Å². The third-order valence-corrected chi connectivity index (χ3v) is 3.10. The van der Waals surface area contributed by atoms with E-state index in [1.807, 2.05) is 25.1 Å². The summed E-state index contributed by atoms with van der Waals surface area (Å²) >= 11 is 0. The van der Waals surface area contributed by atoms with E-state index in [1.54, 1.807) is 7.11 Å². The number of aliphatic hydroxyl groups excluding tert-OH is 1. The molecule has 0 aliphatic heterocycles. The third-order valence-electron chi connectivity index (χ3n) is 3.10. The lowest BCUT2D eigenvalue weighted by Gasteiger charge is -2.25.